The topological polar surface area (TPSA) is 75.6 Å². The van der Waals surface area contributed by atoms with Crippen LogP contribution in [0.1, 0.15) is 29.8 Å². The molecule has 1 amide bonds. The van der Waals surface area contributed by atoms with E-state index in [9.17, 15) is 14.7 Å². The number of hydrogen-bond donors (Lipinski definition) is 2. The van der Waals surface area contributed by atoms with E-state index in [1.165, 1.54) is 13.8 Å². The van der Waals surface area contributed by atoms with Crippen LogP contribution >= 0.6 is 0 Å². The van der Waals surface area contributed by atoms with Crippen LogP contribution in [0.5, 0.6) is 5.75 Å². The Morgan fingerprint density at radius 3 is 2.26 bits per heavy atom. The Balaban J connectivity index is 1.69. The highest BCUT2D eigenvalue weighted by molar-refractivity contribution is 6.05. The number of ether oxygens (including phenoxy) is 1. The SMILES string of the molecule is CC(C)(NC(=O)c1ccc2ccccc2c1OCc1ccc2ccccc2c1)C(=O)O. The highest BCUT2D eigenvalue weighted by Crippen LogP contribution is 2.31. The number of carbonyl (C=O) groups is 2. The number of amides is 1. The second-order valence-electron chi connectivity index (χ2n) is 8.02. The summed E-state index contributed by atoms with van der Waals surface area (Å²) >= 11 is 0. The van der Waals surface area contributed by atoms with E-state index in [-0.39, 0.29) is 6.61 Å². The van der Waals surface area contributed by atoms with E-state index in [1.54, 1.807) is 6.07 Å². The highest BCUT2D eigenvalue weighted by atomic mass is 16.5. The predicted octanol–water partition coefficient (Wildman–Crippen LogP) is 5.17. The van der Waals surface area contributed by atoms with Gasteiger partial charge in [-0.2, -0.15) is 0 Å². The Morgan fingerprint density at radius 1 is 0.871 bits per heavy atom. The Hall–Kier alpha value is -3.86. The molecule has 0 heterocycles. The lowest BCUT2D eigenvalue weighted by molar-refractivity contribution is -0.143. The number of benzene rings is 4. The molecule has 156 valence electrons. The van der Waals surface area contributed by atoms with Gasteiger partial charge in [0.1, 0.15) is 17.9 Å². The molecular weight excluding hydrogens is 390 g/mol. The maximum atomic E-state index is 13.0. The summed E-state index contributed by atoms with van der Waals surface area (Å²) in [6, 6.07) is 25.3. The maximum absolute atomic E-state index is 13.0. The molecule has 4 rings (SSSR count). The van der Waals surface area contributed by atoms with Crippen LogP contribution in [-0.4, -0.2) is 22.5 Å². The van der Waals surface area contributed by atoms with Crippen molar-refractivity contribution in [1.29, 1.82) is 0 Å². The fourth-order valence-electron chi connectivity index (χ4n) is 3.47. The molecule has 0 saturated carbocycles. The van der Waals surface area contributed by atoms with Crippen LogP contribution in [-0.2, 0) is 11.4 Å². The van der Waals surface area contributed by atoms with E-state index in [4.69, 9.17) is 4.74 Å². The summed E-state index contributed by atoms with van der Waals surface area (Å²) in [5.41, 5.74) is -0.129. The molecule has 5 nitrogen and oxygen atoms in total. The van der Waals surface area contributed by atoms with Crippen molar-refractivity contribution in [2.24, 2.45) is 0 Å². The molecule has 2 N–H and O–H groups in total. The molecule has 4 aromatic carbocycles. The van der Waals surface area contributed by atoms with E-state index in [0.29, 0.717) is 11.3 Å². The van der Waals surface area contributed by atoms with Gasteiger partial charge in [0, 0.05) is 5.39 Å². The van der Waals surface area contributed by atoms with Gasteiger partial charge in [-0.25, -0.2) is 4.79 Å². The fraction of sp³-hybridized carbons (Fsp3) is 0.154. The van der Waals surface area contributed by atoms with Gasteiger partial charge in [0.05, 0.1) is 5.56 Å². The third-order valence-corrected chi connectivity index (χ3v) is 5.28. The Morgan fingerprint density at radius 2 is 1.52 bits per heavy atom. The number of carboxylic acid groups (broad SMARTS) is 1. The summed E-state index contributed by atoms with van der Waals surface area (Å²) in [4.78, 5) is 24.4. The van der Waals surface area contributed by atoms with Gasteiger partial charge >= 0.3 is 5.97 Å². The van der Waals surface area contributed by atoms with Gasteiger partial charge in [0.2, 0.25) is 0 Å². The van der Waals surface area contributed by atoms with Crippen LogP contribution in [0.3, 0.4) is 0 Å². The van der Waals surface area contributed by atoms with Crippen molar-refractivity contribution in [3.05, 3.63) is 90.0 Å². The van der Waals surface area contributed by atoms with Crippen LogP contribution in [0, 0.1) is 0 Å². The molecular formula is C26H23NO4. The molecule has 0 bridgehead atoms. The zero-order chi connectivity index (χ0) is 22.0. The fourth-order valence-corrected chi connectivity index (χ4v) is 3.47. The first-order chi connectivity index (χ1) is 14.8. The first-order valence-electron chi connectivity index (χ1n) is 10.0. The molecule has 0 fully saturated rings. The number of nitrogens with one attached hydrogen (secondary N) is 1. The van der Waals surface area contributed by atoms with Gasteiger partial charge in [-0.3, -0.25) is 4.79 Å². The molecule has 0 aliphatic carbocycles. The normalized spacial score (nSPS) is 11.4. The van der Waals surface area contributed by atoms with Crippen molar-refractivity contribution < 1.29 is 19.4 Å². The number of fused-ring (bicyclic) bond motifs is 2. The van der Waals surface area contributed by atoms with Crippen LogP contribution in [0.4, 0.5) is 0 Å². The van der Waals surface area contributed by atoms with Crippen molar-refractivity contribution in [3.63, 3.8) is 0 Å². The van der Waals surface area contributed by atoms with E-state index < -0.39 is 17.4 Å². The highest BCUT2D eigenvalue weighted by Gasteiger charge is 2.30. The van der Waals surface area contributed by atoms with Crippen LogP contribution in [0.25, 0.3) is 21.5 Å². The molecule has 0 aliphatic rings. The molecule has 0 atom stereocenters. The van der Waals surface area contributed by atoms with Crippen LogP contribution in [0.2, 0.25) is 0 Å². The first-order valence-corrected chi connectivity index (χ1v) is 10.0. The minimum atomic E-state index is -1.40. The van der Waals surface area contributed by atoms with E-state index in [2.05, 4.69) is 17.4 Å². The van der Waals surface area contributed by atoms with Crippen molar-refractivity contribution in [1.82, 2.24) is 5.32 Å². The van der Waals surface area contributed by atoms with Gasteiger partial charge in [-0.05, 0) is 47.7 Å². The van der Waals surface area contributed by atoms with Crippen molar-refractivity contribution in [3.8, 4) is 5.75 Å². The largest absolute Gasteiger partial charge is 0.487 e. The van der Waals surface area contributed by atoms with Crippen molar-refractivity contribution in [2.45, 2.75) is 26.0 Å². The molecule has 0 unspecified atom stereocenters. The number of aliphatic carboxylic acids is 1. The number of carbonyl (C=O) groups excluding carboxylic acids is 1. The minimum absolute atomic E-state index is 0.279. The monoisotopic (exact) mass is 413 g/mol. The smallest absolute Gasteiger partial charge is 0.328 e. The standard InChI is InChI=1S/C26H23NO4/c1-26(2,25(29)30)27-24(28)22-14-13-19-8-5-6-10-21(19)23(22)31-16-17-11-12-18-7-3-4-9-20(18)15-17/h3-15H,16H2,1-2H3,(H,27,28)(H,29,30). The molecule has 0 spiro atoms. The molecule has 31 heavy (non-hydrogen) atoms. The Bertz CT molecular complexity index is 1290. The molecule has 0 aromatic heterocycles. The maximum Gasteiger partial charge on any atom is 0.328 e. The lowest BCUT2D eigenvalue weighted by atomic mass is 10.0. The lowest BCUT2D eigenvalue weighted by Crippen LogP contribution is -2.49. The second kappa shape index (κ2) is 8.11. The molecule has 0 saturated heterocycles. The second-order valence-corrected chi connectivity index (χ2v) is 8.02. The average molecular weight is 413 g/mol. The average Bonchev–Trinajstić information content (AvgIpc) is 2.76. The van der Waals surface area contributed by atoms with Gasteiger partial charge in [-0.1, -0.05) is 66.7 Å². The summed E-state index contributed by atoms with van der Waals surface area (Å²) in [7, 11) is 0. The number of carboxylic acids is 1. The molecule has 4 aromatic rings. The van der Waals surface area contributed by atoms with Gasteiger partial charge in [-0.15, -0.1) is 0 Å². The van der Waals surface area contributed by atoms with Gasteiger partial charge < -0.3 is 15.2 Å². The molecule has 0 radical (unpaired) electrons. The van der Waals surface area contributed by atoms with Crippen molar-refractivity contribution in [2.75, 3.05) is 0 Å². The zero-order valence-electron chi connectivity index (χ0n) is 17.4. The summed E-state index contributed by atoms with van der Waals surface area (Å²) in [6.45, 7) is 3.18. The number of rotatable bonds is 6. The third-order valence-electron chi connectivity index (χ3n) is 5.28. The Kier molecular flexibility index (Phi) is 5.34. The van der Waals surface area contributed by atoms with E-state index >= 15 is 0 Å². The summed E-state index contributed by atoms with van der Waals surface area (Å²) < 4.78 is 6.17. The summed E-state index contributed by atoms with van der Waals surface area (Å²) in [5.74, 6) is -1.17. The summed E-state index contributed by atoms with van der Waals surface area (Å²) in [5, 5.41) is 15.9. The molecule has 5 heteroatoms. The molecule has 0 aliphatic heterocycles. The van der Waals surface area contributed by atoms with E-state index in [1.807, 2.05) is 60.7 Å². The predicted molar refractivity (Wildman–Crippen MR) is 121 cm³/mol. The van der Waals surface area contributed by atoms with E-state index in [0.717, 1.165) is 27.1 Å². The number of hydrogen-bond acceptors (Lipinski definition) is 3. The minimum Gasteiger partial charge on any atom is -0.487 e. The van der Waals surface area contributed by atoms with Crippen LogP contribution in [0.15, 0.2) is 78.9 Å². The van der Waals surface area contributed by atoms with Gasteiger partial charge in [0.15, 0.2) is 0 Å². The zero-order valence-corrected chi connectivity index (χ0v) is 17.4. The van der Waals surface area contributed by atoms with Crippen LogP contribution < -0.4 is 10.1 Å². The lowest BCUT2D eigenvalue weighted by Gasteiger charge is -2.22. The summed E-state index contributed by atoms with van der Waals surface area (Å²) in [6.07, 6.45) is 0. The van der Waals surface area contributed by atoms with Gasteiger partial charge in [0.25, 0.3) is 5.91 Å². The Labute approximate surface area is 180 Å². The van der Waals surface area contributed by atoms with Crippen molar-refractivity contribution >= 4 is 33.4 Å². The quantitative estimate of drug-likeness (QED) is 0.458. The first kappa shape index (κ1) is 20.4. The third kappa shape index (κ3) is 4.21.